The van der Waals surface area contributed by atoms with Gasteiger partial charge in [-0.2, -0.15) is 0 Å². The topological polar surface area (TPSA) is 31.4 Å². The molecular formula is C16H22FNO2. The molecule has 3 heterocycles. The van der Waals surface area contributed by atoms with E-state index in [-0.39, 0.29) is 29.7 Å². The van der Waals surface area contributed by atoms with E-state index in [0.29, 0.717) is 11.6 Å². The van der Waals surface area contributed by atoms with Crippen molar-refractivity contribution in [3.63, 3.8) is 0 Å². The number of hydrogen-bond acceptors (Lipinski definition) is 3. The predicted octanol–water partition coefficient (Wildman–Crippen LogP) is 3.47. The first-order valence-corrected chi connectivity index (χ1v) is 7.36. The average molecular weight is 279 g/mol. The van der Waals surface area contributed by atoms with Gasteiger partial charge in [-0.1, -0.05) is 13.8 Å². The van der Waals surface area contributed by atoms with Crippen molar-refractivity contribution in [2.45, 2.75) is 63.9 Å². The molecule has 4 heteroatoms. The van der Waals surface area contributed by atoms with Gasteiger partial charge in [0.05, 0.1) is 23.9 Å². The van der Waals surface area contributed by atoms with Crippen LogP contribution in [-0.2, 0) is 16.1 Å². The Labute approximate surface area is 119 Å². The van der Waals surface area contributed by atoms with Crippen LogP contribution in [0.3, 0.4) is 0 Å². The highest BCUT2D eigenvalue weighted by atomic mass is 19.1. The van der Waals surface area contributed by atoms with Gasteiger partial charge in [-0.05, 0) is 37.8 Å². The smallest absolute Gasteiger partial charge is 0.147 e. The third-order valence-corrected chi connectivity index (χ3v) is 5.00. The van der Waals surface area contributed by atoms with Gasteiger partial charge in [-0.3, -0.25) is 4.98 Å². The molecule has 0 spiro atoms. The number of aromatic nitrogens is 1. The molecule has 0 radical (unpaired) electrons. The molecule has 3 nitrogen and oxygen atoms in total. The summed E-state index contributed by atoms with van der Waals surface area (Å²) in [6.45, 7) is 6.73. The molecule has 0 N–H and O–H groups in total. The van der Waals surface area contributed by atoms with E-state index in [1.165, 1.54) is 6.07 Å². The average Bonchev–Trinajstić information content (AvgIpc) is 2.90. The van der Waals surface area contributed by atoms with Crippen molar-refractivity contribution in [3.8, 4) is 0 Å². The van der Waals surface area contributed by atoms with E-state index in [4.69, 9.17) is 9.47 Å². The van der Waals surface area contributed by atoms with Crippen LogP contribution < -0.4 is 0 Å². The Bertz CT molecular complexity index is 507. The Kier molecular flexibility index (Phi) is 3.33. The zero-order chi connectivity index (χ0) is 14.4. The summed E-state index contributed by atoms with van der Waals surface area (Å²) < 4.78 is 25.8. The zero-order valence-corrected chi connectivity index (χ0v) is 12.4. The summed E-state index contributed by atoms with van der Waals surface area (Å²) >= 11 is 0. The van der Waals surface area contributed by atoms with Crippen molar-refractivity contribution >= 4 is 0 Å². The molecule has 1 aromatic rings. The molecule has 0 saturated carbocycles. The molecular weight excluding hydrogens is 257 g/mol. The lowest BCUT2D eigenvalue weighted by molar-refractivity contribution is -0.0965. The molecule has 3 unspecified atom stereocenters. The van der Waals surface area contributed by atoms with Crippen LogP contribution in [0.2, 0.25) is 0 Å². The Morgan fingerprint density at radius 3 is 2.95 bits per heavy atom. The van der Waals surface area contributed by atoms with Crippen molar-refractivity contribution in [2.75, 3.05) is 0 Å². The molecule has 2 aliphatic heterocycles. The number of ether oxygens (including phenoxy) is 2. The Balaban J connectivity index is 1.69. The lowest BCUT2D eigenvalue weighted by Gasteiger charge is -2.31. The van der Waals surface area contributed by atoms with Crippen LogP contribution in [-0.4, -0.2) is 22.3 Å². The van der Waals surface area contributed by atoms with Crippen molar-refractivity contribution in [1.29, 1.82) is 0 Å². The first-order valence-electron chi connectivity index (χ1n) is 7.36. The van der Waals surface area contributed by atoms with Crippen LogP contribution in [0.1, 0.15) is 45.7 Å². The molecule has 2 bridgehead atoms. The van der Waals surface area contributed by atoms with E-state index in [1.807, 2.05) is 0 Å². The van der Waals surface area contributed by atoms with Gasteiger partial charge >= 0.3 is 0 Å². The number of hydrogen-bond donors (Lipinski definition) is 0. The second-order valence-electron chi connectivity index (χ2n) is 6.57. The minimum absolute atomic E-state index is 0.0278. The molecule has 2 aliphatic rings. The van der Waals surface area contributed by atoms with Gasteiger partial charge < -0.3 is 9.47 Å². The fourth-order valence-electron chi connectivity index (χ4n) is 3.51. The van der Waals surface area contributed by atoms with E-state index in [1.54, 1.807) is 12.3 Å². The van der Waals surface area contributed by atoms with E-state index in [0.717, 1.165) is 19.3 Å². The standard InChI is InChI=1S/C16H22FNO2/c1-11(2)16-7-6-15(3,20-16)14(9-16)19-10-13-12(17)5-4-8-18-13/h4-5,8,11,14H,6-7,9-10H2,1-3H3. The summed E-state index contributed by atoms with van der Waals surface area (Å²) in [6, 6.07) is 3.01. The molecule has 110 valence electrons. The molecule has 1 aromatic heterocycles. The fraction of sp³-hybridized carbons (Fsp3) is 0.688. The monoisotopic (exact) mass is 279 g/mol. The number of rotatable bonds is 4. The molecule has 3 rings (SSSR count). The van der Waals surface area contributed by atoms with Gasteiger partial charge in [-0.15, -0.1) is 0 Å². The van der Waals surface area contributed by atoms with E-state index in [9.17, 15) is 4.39 Å². The van der Waals surface area contributed by atoms with Crippen LogP contribution >= 0.6 is 0 Å². The van der Waals surface area contributed by atoms with Crippen LogP contribution in [0, 0.1) is 11.7 Å². The third kappa shape index (κ3) is 2.15. The predicted molar refractivity (Wildman–Crippen MR) is 73.7 cm³/mol. The highest BCUT2D eigenvalue weighted by molar-refractivity contribution is 5.11. The molecule has 0 aromatic carbocycles. The molecule has 0 amide bonds. The van der Waals surface area contributed by atoms with E-state index < -0.39 is 0 Å². The van der Waals surface area contributed by atoms with Crippen molar-refractivity contribution < 1.29 is 13.9 Å². The quantitative estimate of drug-likeness (QED) is 0.845. The highest BCUT2D eigenvalue weighted by Crippen LogP contribution is 2.55. The number of halogens is 1. The van der Waals surface area contributed by atoms with Crippen LogP contribution in [0.4, 0.5) is 4.39 Å². The SMILES string of the molecule is CC(C)C12CCC(C)(O1)C(OCc1ncccc1F)C2. The number of pyridine rings is 1. The summed E-state index contributed by atoms with van der Waals surface area (Å²) in [6.07, 6.45) is 4.63. The maximum atomic E-state index is 13.6. The minimum atomic E-state index is -0.305. The summed E-state index contributed by atoms with van der Waals surface area (Å²) in [5.74, 6) is 0.171. The summed E-state index contributed by atoms with van der Waals surface area (Å²) in [5.41, 5.74) is 0.0925. The highest BCUT2D eigenvalue weighted by Gasteiger charge is 2.60. The molecule has 2 saturated heterocycles. The van der Waals surface area contributed by atoms with Gasteiger partial charge in [-0.25, -0.2) is 4.39 Å². The lowest BCUT2D eigenvalue weighted by Crippen LogP contribution is -2.38. The van der Waals surface area contributed by atoms with Crippen LogP contribution in [0.5, 0.6) is 0 Å². The Morgan fingerprint density at radius 1 is 1.50 bits per heavy atom. The van der Waals surface area contributed by atoms with Crippen LogP contribution in [0.15, 0.2) is 18.3 Å². The van der Waals surface area contributed by atoms with Gasteiger partial charge in [0.15, 0.2) is 0 Å². The molecule has 3 atom stereocenters. The summed E-state index contributed by atoms with van der Waals surface area (Å²) in [7, 11) is 0. The lowest BCUT2D eigenvalue weighted by atomic mass is 9.75. The first-order chi connectivity index (χ1) is 9.45. The largest absolute Gasteiger partial charge is 0.369 e. The second kappa shape index (κ2) is 4.78. The molecule has 0 aliphatic carbocycles. The fourth-order valence-corrected chi connectivity index (χ4v) is 3.51. The number of fused-ring (bicyclic) bond motifs is 2. The van der Waals surface area contributed by atoms with Crippen molar-refractivity contribution in [2.24, 2.45) is 5.92 Å². The normalized spacial score (nSPS) is 36.0. The second-order valence-corrected chi connectivity index (χ2v) is 6.57. The van der Waals surface area contributed by atoms with Crippen LogP contribution in [0.25, 0.3) is 0 Å². The van der Waals surface area contributed by atoms with E-state index >= 15 is 0 Å². The van der Waals surface area contributed by atoms with Gasteiger partial charge in [0.2, 0.25) is 0 Å². The van der Waals surface area contributed by atoms with Gasteiger partial charge in [0.25, 0.3) is 0 Å². The maximum Gasteiger partial charge on any atom is 0.147 e. The van der Waals surface area contributed by atoms with Gasteiger partial charge in [0.1, 0.15) is 11.5 Å². The minimum Gasteiger partial charge on any atom is -0.369 e. The third-order valence-electron chi connectivity index (χ3n) is 5.00. The summed E-state index contributed by atoms with van der Waals surface area (Å²) in [5, 5.41) is 0. The van der Waals surface area contributed by atoms with Gasteiger partial charge in [0, 0.05) is 12.6 Å². The first kappa shape index (κ1) is 14.0. The zero-order valence-electron chi connectivity index (χ0n) is 12.4. The molecule has 20 heavy (non-hydrogen) atoms. The van der Waals surface area contributed by atoms with E-state index in [2.05, 4.69) is 25.8 Å². The Morgan fingerprint density at radius 2 is 2.30 bits per heavy atom. The number of nitrogens with zero attached hydrogens (tertiary/aromatic N) is 1. The maximum absolute atomic E-state index is 13.6. The summed E-state index contributed by atoms with van der Waals surface area (Å²) in [4.78, 5) is 4.04. The molecule has 2 fully saturated rings. The Hall–Kier alpha value is -1.00. The van der Waals surface area contributed by atoms with Crippen molar-refractivity contribution in [1.82, 2.24) is 4.98 Å². The van der Waals surface area contributed by atoms with Crippen molar-refractivity contribution in [3.05, 3.63) is 29.8 Å².